The summed E-state index contributed by atoms with van der Waals surface area (Å²) in [5.74, 6) is 0. The maximum atomic E-state index is 3.24. The summed E-state index contributed by atoms with van der Waals surface area (Å²) in [6.07, 6.45) is 0. The highest BCUT2D eigenvalue weighted by molar-refractivity contribution is 4.70. The highest BCUT2D eigenvalue weighted by Gasteiger charge is 2.34. The molecule has 1 saturated heterocycles. The smallest absolute Gasteiger partial charge is 0.106 e. The van der Waals surface area contributed by atoms with Crippen LogP contribution in [-0.4, -0.2) is 44.8 Å². The number of quaternary nitrogens is 1. The molecule has 1 heterocycles. The molecule has 0 atom stereocenters. The molecule has 0 saturated carbocycles. The molecule has 1 aliphatic rings. The second-order valence-electron chi connectivity index (χ2n) is 3.29. The summed E-state index contributed by atoms with van der Waals surface area (Å²) in [5, 5.41) is 3.24. The first-order valence-corrected chi connectivity index (χ1v) is 3.13. The summed E-state index contributed by atoms with van der Waals surface area (Å²) in [6.45, 7) is 2.58. The third kappa shape index (κ3) is 1.01. The van der Waals surface area contributed by atoms with Crippen LogP contribution in [0.25, 0.3) is 0 Å². The monoisotopic (exact) mass is 115 g/mol. The molecular weight excluding hydrogens is 100 g/mol. The molecule has 0 aromatic heterocycles. The topological polar surface area (TPSA) is 12.0 Å². The number of rotatable bonds is 1. The van der Waals surface area contributed by atoms with E-state index in [0.29, 0.717) is 0 Å². The van der Waals surface area contributed by atoms with Crippen LogP contribution in [0.1, 0.15) is 0 Å². The maximum absolute atomic E-state index is 3.24. The predicted molar refractivity (Wildman–Crippen MR) is 34.7 cm³/mol. The average Bonchev–Trinajstić information content (AvgIpc) is 1.60. The summed E-state index contributed by atoms with van der Waals surface area (Å²) in [7, 11) is 6.55. The zero-order chi connectivity index (χ0) is 6.20. The summed E-state index contributed by atoms with van der Waals surface area (Å²) in [5.41, 5.74) is 0. The minimum absolute atomic E-state index is 0.782. The van der Waals surface area contributed by atoms with Gasteiger partial charge in [0.15, 0.2) is 0 Å². The van der Waals surface area contributed by atoms with Crippen molar-refractivity contribution < 1.29 is 4.48 Å². The fourth-order valence-corrected chi connectivity index (χ4v) is 1.32. The van der Waals surface area contributed by atoms with Gasteiger partial charge in [-0.15, -0.1) is 0 Å². The molecule has 1 rings (SSSR count). The van der Waals surface area contributed by atoms with Crippen LogP contribution in [0.2, 0.25) is 0 Å². The molecule has 0 aliphatic carbocycles. The summed E-state index contributed by atoms with van der Waals surface area (Å²) in [6, 6.07) is 0.782. The Morgan fingerprint density at radius 1 is 1.38 bits per heavy atom. The van der Waals surface area contributed by atoms with Gasteiger partial charge in [-0.05, 0) is 7.05 Å². The van der Waals surface area contributed by atoms with Crippen LogP contribution in [0.3, 0.4) is 0 Å². The van der Waals surface area contributed by atoms with Gasteiger partial charge in [0.05, 0.1) is 27.2 Å². The minimum atomic E-state index is 0.782. The van der Waals surface area contributed by atoms with E-state index in [9.17, 15) is 0 Å². The summed E-state index contributed by atoms with van der Waals surface area (Å²) in [4.78, 5) is 0. The molecule has 1 fully saturated rings. The molecule has 8 heavy (non-hydrogen) atoms. The quantitative estimate of drug-likeness (QED) is 0.461. The Morgan fingerprint density at radius 2 is 1.88 bits per heavy atom. The zero-order valence-electron chi connectivity index (χ0n) is 5.94. The largest absolute Gasteiger partial charge is 0.326 e. The Morgan fingerprint density at radius 3 is 2.00 bits per heavy atom. The Bertz CT molecular complexity index is 80.5. The van der Waals surface area contributed by atoms with Crippen molar-refractivity contribution in [3.8, 4) is 0 Å². The molecule has 1 N–H and O–H groups in total. The van der Waals surface area contributed by atoms with E-state index in [4.69, 9.17) is 0 Å². The van der Waals surface area contributed by atoms with Gasteiger partial charge in [-0.3, -0.25) is 0 Å². The second kappa shape index (κ2) is 1.71. The summed E-state index contributed by atoms with van der Waals surface area (Å²) >= 11 is 0. The molecule has 2 nitrogen and oxygen atoms in total. The Hall–Kier alpha value is -0.0800. The van der Waals surface area contributed by atoms with Crippen molar-refractivity contribution in [3.63, 3.8) is 0 Å². The Balaban J connectivity index is 2.21. The average molecular weight is 115 g/mol. The predicted octanol–water partition coefficient (Wildman–Crippen LogP) is -0.336. The van der Waals surface area contributed by atoms with Crippen LogP contribution in [0.5, 0.6) is 0 Å². The number of hydrogen-bond acceptors (Lipinski definition) is 1. The van der Waals surface area contributed by atoms with Gasteiger partial charge in [0.25, 0.3) is 0 Å². The van der Waals surface area contributed by atoms with Crippen LogP contribution >= 0.6 is 0 Å². The lowest BCUT2D eigenvalue weighted by Crippen LogP contribution is -2.65. The zero-order valence-corrected chi connectivity index (χ0v) is 5.94. The van der Waals surface area contributed by atoms with Crippen molar-refractivity contribution in [2.24, 2.45) is 0 Å². The van der Waals surface area contributed by atoms with Gasteiger partial charge in [-0.25, -0.2) is 0 Å². The van der Waals surface area contributed by atoms with Crippen molar-refractivity contribution in [2.75, 3.05) is 34.2 Å². The first-order valence-electron chi connectivity index (χ1n) is 3.13. The van der Waals surface area contributed by atoms with Gasteiger partial charge in [0.2, 0.25) is 0 Å². The molecule has 2 heteroatoms. The molecule has 0 aromatic rings. The fraction of sp³-hybridized carbons (Fsp3) is 1.00. The minimum Gasteiger partial charge on any atom is -0.326 e. The van der Waals surface area contributed by atoms with Gasteiger partial charge in [-0.2, -0.15) is 0 Å². The lowest BCUT2D eigenvalue weighted by Gasteiger charge is -2.44. The molecule has 48 valence electrons. The molecular formula is C6H15N2+. The second-order valence-corrected chi connectivity index (χ2v) is 3.29. The van der Waals surface area contributed by atoms with E-state index < -0.39 is 0 Å². The molecule has 0 bridgehead atoms. The van der Waals surface area contributed by atoms with Crippen LogP contribution in [0.4, 0.5) is 0 Å². The van der Waals surface area contributed by atoms with E-state index in [1.807, 2.05) is 7.05 Å². The lowest BCUT2D eigenvalue weighted by molar-refractivity contribution is -0.931. The first-order chi connectivity index (χ1) is 3.64. The number of nitrogens with one attached hydrogen (secondary N) is 1. The highest BCUT2D eigenvalue weighted by Crippen LogP contribution is 2.11. The van der Waals surface area contributed by atoms with Gasteiger partial charge in [0, 0.05) is 0 Å². The van der Waals surface area contributed by atoms with E-state index >= 15 is 0 Å². The van der Waals surface area contributed by atoms with E-state index in [1.165, 1.54) is 17.6 Å². The SMILES string of the molecule is CNC1C[N+](C)(C)C1. The normalized spacial score (nSPS) is 27.4. The van der Waals surface area contributed by atoms with Crippen molar-refractivity contribution in [3.05, 3.63) is 0 Å². The van der Waals surface area contributed by atoms with Crippen LogP contribution < -0.4 is 5.32 Å². The van der Waals surface area contributed by atoms with Crippen molar-refractivity contribution in [1.82, 2.24) is 5.32 Å². The molecule has 0 aromatic carbocycles. The van der Waals surface area contributed by atoms with Crippen molar-refractivity contribution in [1.29, 1.82) is 0 Å². The molecule has 0 radical (unpaired) electrons. The lowest BCUT2D eigenvalue weighted by atomic mass is 10.1. The number of nitrogens with zero attached hydrogens (tertiary/aromatic N) is 1. The van der Waals surface area contributed by atoms with Gasteiger partial charge in [-0.1, -0.05) is 0 Å². The van der Waals surface area contributed by atoms with Crippen molar-refractivity contribution in [2.45, 2.75) is 6.04 Å². The van der Waals surface area contributed by atoms with E-state index in [2.05, 4.69) is 19.4 Å². The third-order valence-corrected chi connectivity index (χ3v) is 1.84. The highest BCUT2D eigenvalue weighted by atomic mass is 15.4. The standard InChI is InChI=1S/C6H15N2/c1-7-6-4-8(2,3)5-6/h6-7H,4-5H2,1-3H3/q+1. The van der Waals surface area contributed by atoms with Crippen LogP contribution in [0.15, 0.2) is 0 Å². The molecule has 0 spiro atoms. The van der Waals surface area contributed by atoms with Crippen LogP contribution in [0, 0.1) is 0 Å². The van der Waals surface area contributed by atoms with E-state index in [0.717, 1.165) is 6.04 Å². The molecule has 0 amide bonds. The molecule has 1 aliphatic heterocycles. The van der Waals surface area contributed by atoms with Gasteiger partial charge in [0.1, 0.15) is 6.04 Å². The fourth-order valence-electron chi connectivity index (χ4n) is 1.32. The number of likely N-dealkylation sites (N-methyl/N-ethyl adjacent to an activating group) is 2. The van der Waals surface area contributed by atoms with Gasteiger partial charge < -0.3 is 9.80 Å². The summed E-state index contributed by atoms with van der Waals surface area (Å²) < 4.78 is 1.19. The number of likely N-dealkylation sites (tertiary alicyclic amines) is 1. The number of hydrogen-bond donors (Lipinski definition) is 1. The first kappa shape index (κ1) is 6.05. The Kier molecular flexibility index (Phi) is 1.29. The van der Waals surface area contributed by atoms with E-state index in [-0.39, 0.29) is 0 Å². The maximum Gasteiger partial charge on any atom is 0.106 e. The Labute approximate surface area is 51.1 Å². The third-order valence-electron chi connectivity index (χ3n) is 1.84. The van der Waals surface area contributed by atoms with E-state index in [1.54, 1.807) is 0 Å². The molecule has 0 unspecified atom stereocenters. The van der Waals surface area contributed by atoms with Gasteiger partial charge >= 0.3 is 0 Å². The van der Waals surface area contributed by atoms with Crippen LogP contribution in [-0.2, 0) is 0 Å². The van der Waals surface area contributed by atoms with Crippen molar-refractivity contribution >= 4 is 0 Å².